The predicted molar refractivity (Wildman–Crippen MR) is 61.9 cm³/mol. The molecule has 1 aromatic heterocycles. The normalized spacial score (nSPS) is 18.5. The summed E-state index contributed by atoms with van der Waals surface area (Å²) in [5.41, 5.74) is -0.187. The van der Waals surface area contributed by atoms with Crippen molar-refractivity contribution in [2.75, 3.05) is 7.11 Å². The second-order valence-corrected chi connectivity index (χ2v) is 5.66. The van der Waals surface area contributed by atoms with E-state index in [-0.39, 0.29) is 11.4 Å². The SMILES string of the molecule is COC1(CC(=O)c2ccc(Cl)s2)CCC1. The lowest BCUT2D eigenvalue weighted by Gasteiger charge is -2.39. The number of halogens is 1. The first-order valence-corrected chi connectivity index (χ1v) is 6.18. The lowest BCUT2D eigenvalue weighted by molar-refractivity contribution is -0.0704. The van der Waals surface area contributed by atoms with Gasteiger partial charge in [-0.15, -0.1) is 11.3 Å². The van der Waals surface area contributed by atoms with Crippen LogP contribution in [0.4, 0.5) is 0 Å². The van der Waals surface area contributed by atoms with Crippen LogP contribution < -0.4 is 0 Å². The van der Waals surface area contributed by atoms with E-state index in [4.69, 9.17) is 16.3 Å². The summed E-state index contributed by atoms with van der Waals surface area (Å²) in [5.74, 6) is 0.147. The predicted octanol–water partition coefficient (Wildman–Crippen LogP) is 3.54. The molecule has 2 nitrogen and oxygen atoms in total. The van der Waals surface area contributed by atoms with Gasteiger partial charge in [-0.3, -0.25) is 4.79 Å². The fourth-order valence-electron chi connectivity index (χ4n) is 1.87. The topological polar surface area (TPSA) is 26.3 Å². The van der Waals surface area contributed by atoms with Crippen molar-refractivity contribution in [3.05, 3.63) is 21.3 Å². The molecule has 0 saturated heterocycles. The average molecular weight is 245 g/mol. The third kappa shape index (κ3) is 2.25. The number of carbonyl (C=O) groups excluding carboxylic acids is 1. The molecule has 1 aliphatic carbocycles. The molecule has 1 aromatic rings. The number of methoxy groups -OCH3 is 1. The van der Waals surface area contributed by atoms with Crippen molar-refractivity contribution in [1.29, 1.82) is 0 Å². The largest absolute Gasteiger partial charge is 0.378 e. The Morgan fingerprint density at radius 3 is 2.73 bits per heavy atom. The van der Waals surface area contributed by atoms with Crippen LogP contribution in [0.2, 0.25) is 4.34 Å². The van der Waals surface area contributed by atoms with E-state index in [1.54, 1.807) is 19.2 Å². The van der Waals surface area contributed by atoms with Gasteiger partial charge in [-0.2, -0.15) is 0 Å². The van der Waals surface area contributed by atoms with Crippen LogP contribution >= 0.6 is 22.9 Å². The molecule has 0 N–H and O–H groups in total. The number of ether oxygens (including phenoxy) is 1. The number of Topliss-reactive ketones (excluding diaryl/α,β-unsaturated/α-hetero) is 1. The van der Waals surface area contributed by atoms with Crippen LogP contribution in [0.25, 0.3) is 0 Å². The molecule has 4 heteroatoms. The Morgan fingerprint density at radius 2 is 2.33 bits per heavy atom. The van der Waals surface area contributed by atoms with Crippen molar-refractivity contribution in [3.63, 3.8) is 0 Å². The molecular weight excluding hydrogens is 232 g/mol. The van der Waals surface area contributed by atoms with E-state index in [0.29, 0.717) is 10.8 Å². The molecule has 82 valence electrons. The quantitative estimate of drug-likeness (QED) is 0.758. The highest BCUT2D eigenvalue weighted by molar-refractivity contribution is 7.18. The van der Waals surface area contributed by atoms with Crippen molar-refractivity contribution in [3.8, 4) is 0 Å². The van der Waals surface area contributed by atoms with Gasteiger partial charge in [0.25, 0.3) is 0 Å². The molecule has 1 heterocycles. The minimum atomic E-state index is -0.187. The molecule has 15 heavy (non-hydrogen) atoms. The summed E-state index contributed by atoms with van der Waals surface area (Å²) < 4.78 is 6.09. The van der Waals surface area contributed by atoms with Gasteiger partial charge in [-0.25, -0.2) is 0 Å². The van der Waals surface area contributed by atoms with Gasteiger partial charge in [-0.1, -0.05) is 11.6 Å². The molecule has 2 rings (SSSR count). The van der Waals surface area contributed by atoms with Crippen LogP contribution in [0.15, 0.2) is 12.1 Å². The maximum atomic E-state index is 11.9. The summed E-state index contributed by atoms with van der Waals surface area (Å²) in [5, 5.41) is 0. The number of hydrogen-bond acceptors (Lipinski definition) is 3. The van der Waals surface area contributed by atoms with Gasteiger partial charge in [0.2, 0.25) is 0 Å². The highest BCUT2D eigenvalue weighted by Gasteiger charge is 2.39. The van der Waals surface area contributed by atoms with Gasteiger partial charge in [0.05, 0.1) is 14.8 Å². The summed E-state index contributed by atoms with van der Waals surface area (Å²) in [6.07, 6.45) is 3.63. The molecule has 1 fully saturated rings. The molecule has 0 amide bonds. The Kier molecular flexibility index (Phi) is 3.14. The molecule has 0 bridgehead atoms. The summed E-state index contributed by atoms with van der Waals surface area (Å²) in [6, 6.07) is 3.55. The maximum absolute atomic E-state index is 11.9. The monoisotopic (exact) mass is 244 g/mol. The maximum Gasteiger partial charge on any atom is 0.175 e. The Bertz CT molecular complexity index is 363. The summed E-state index contributed by atoms with van der Waals surface area (Å²) in [7, 11) is 1.69. The zero-order valence-corrected chi connectivity index (χ0v) is 10.2. The molecular formula is C11H13ClO2S. The second kappa shape index (κ2) is 4.24. The minimum Gasteiger partial charge on any atom is -0.378 e. The number of carbonyl (C=O) groups is 1. The molecule has 1 saturated carbocycles. The zero-order chi connectivity index (χ0) is 10.9. The smallest absolute Gasteiger partial charge is 0.175 e. The van der Waals surface area contributed by atoms with Crippen molar-refractivity contribution in [2.24, 2.45) is 0 Å². The van der Waals surface area contributed by atoms with Crippen molar-refractivity contribution >= 4 is 28.7 Å². The van der Waals surface area contributed by atoms with E-state index in [2.05, 4.69) is 0 Å². The Hall–Kier alpha value is -0.380. The minimum absolute atomic E-state index is 0.147. The fourth-order valence-corrected chi connectivity index (χ4v) is 2.85. The van der Waals surface area contributed by atoms with Crippen LogP contribution in [-0.4, -0.2) is 18.5 Å². The first-order chi connectivity index (χ1) is 7.15. The molecule has 1 aliphatic rings. The Balaban J connectivity index is 2.03. The molecule has 0 spiro atoms. The van der Waals surface area contributed by atoms with Crippen LogP contribution in [-0.2, 0) is 4.74 Å². The van der Waals surface area contributed by atoms with Crippen LogP contribution in [0.3, 0.4) is 0 Å². The third-order valence-electron chi connectivity index (χ3n) is 3.03. The number of rotatable bonds is 4. The lowest BCUT2D eigenvalue weighted by atomic mass is 9.76. The van der Waals surface area contributed by atoms with Crippen LogP contribution in [0.1, 0.15) is 35.4 Å². The molecule has 0 radical (unpaired) electrons. The molecule has 0 atom stereocenters. The summed E-state index contributed by atoms with van der Waals surface area (Å²) in [4.78, 5) is 12.6. The van der Waals surface area contributed by atoms with Gasteiger partial charge in [0, 0.05) is 13.5 Å². The van der Waals surface area contributed by atoms with Crippen molar-refractivity contribution < 1.29 is 9.53 Å². The highest BCUT2D eigenvalue weighted by Crippen LogP contribution is 2.39. The van der Waals surface area contributed by atoms with Gasteiger partial charge < -0.3 is 4.74 Å². The number of ketones is 1. The van der Waals surface area contributed by atoms with Gasteiger partial charge in [0.15, 0.2) is 5.78 Å². The van der Waals surface area contributed by atoms with Gasteiger partial charge in [0.1, 0.15) is 0 Å². The van der Waals surface area contributed by atoms with E-state index >= 15 is 0 Å². The van der Waals surface area contributed by atoms with E-state index in [1.165, 1.54) is 11.3 Å². The lowest BCUT2D eigenvalue weighted by Crippen LogP contribution is -2.41. The highest BCUT2D eigenvalue weighted by atomic mass is 35.5. The summed E-state index contributed by atoms with van der Waals surface area (Å²) in [6.45, 7) is 0. The zero-order valence-electron chi connectivity index (χ0n) is 8.59. The van der Waals surface area contributed by atoms with Crippen LogP contribution in [0.5, 0.6) is 0 Å². The average Bonchev–Trinajstić information content (AvgIpc) is 2.58. The van der Waals surface area contributed by atoms with Gasteiger partial charge in [-0.05, 0) is 31.4 Å². The molecule has 0 unspecified atom stereocenters. The van der Waals surface area contributed by atoms with Crippen LogP contribution in [0, 0.1) is 0 Å². The second-order valence-electron chi connectivity index (χ2n) is 3.94. The van der Waals surface area contributed by atoms with Crippen molar-refractivity contribution in [2.45, 2.75) is 31.3 Å². The standard InChI is InChI=1S/C11H13ClO2S/c1-14-11(5-2-6-11)7-8(13)9-3-4-10(12)15-9/h3-4H,2,5-7H2,1H3. The van der Waals surface area contributed by atoms with E-state index < -0.39 is 0 Å². The number of thiophene rings is 1. The van der Waals surface area contributed by atoms with Gasteiger partial charge >= 0.3 is 0 Å². The van der Waals surface area contributed by atoms with E-state index in [0.717, 1.165) is 24.1 Å². The van der Waals surface area contributed by atoms with E-state index in [9.17, 15) is 4.79 Å². The Labute approximate surface area is 98.2 Å². The summed E-state index contributed by atoms with van der Waals surface area (Å²) >= 11 is 7.13. The van der Waals surface area contributed by atoms with Crippen molar-refractivity contribution in [1.82, 2.24) is 0 Å². The molecule has 0 aromatic carbocycles. The first-order valence-electron chi connectivity index (χ1n) is 4.99. The fraction of sp³-hybridized carbons (Fsp3) is 0.545. The molecule has 0 aliphatic heterocycles. The third-order valence-corrected chi connectivity index (χ3v) is 4.30. The van der Waals surface area contributed by atoms with E-state index in [1.807, 2.05) is 0 Å². The first kappa shape index (κ1) is 11.1. The Morgan fingerprint density at radius 1 is 1.60 bits per heavy atom. The number of hydrogen-bond donors (Lipinski definition) is 0.